The third-order valence-electron chi connectivity index (χ3n) is 6.39. The molecule has 6 rings (SSSR count). The van der Waals surface area contributed by atoms with Gasteiger partial charge in [-0.2, -0.15) is 0 Å². The fourth-order valence-corrected chi connectivity index (χ4v) is 6.07. The van der Waals surface area contributed by atoms with Gasteiger partial charge in [0.25, 0.3) is 5.56 Å². The van der Waals surface area contributed by atoms with Crippen molar-refractivity contribution < 1.29 is 4.79 Å². The van der Waals surface area contributed by atoms with Gasteiger partial charge in [0, 0.05) is 27.9 Å². The standard InChI is InChI=1S/C30H24ClN7O2S2/c1-19-7-12-24-25(13-19)33-30(38(28(24)40)14-20-5-3-2-4-6-20)42-17-23-15-37(36-35-23)16-27(39)34-29-32-26(18-41-29)21-8-10-22(31)11-9-21/h2-13,15,18H,14,16-17H2,1H3,(H,32,34,39). The van der Waals surface area contributed by atoms with E-state index in [-0.39, 0.29) is 18.0 Å². The number of hydrogen-bond acceptors (Lipinski definition) is 8. The van der Waals surface area contributed by atoms with E-state index >= 15 is 0 Å². The molecule has 0 aliphatic heterocycles. The Kier molecular flexibility index (Phi) is 8.13. The summed E-state index contributed by atoms with van der Waals surface area (Å²) in [5.74, 6) is 0.163. The Morgan fingerprint density at radius 1 is 1.05 bits per heavy atom. The molecule has 3 aromatic heterocycles. The highest BCUT2D eigenvalue weighted by Crippen LogP contribution is 2.26. The molecule has 9 nitrogen and oxygen atoms in total. The average molecular weight is 614 g/mol. The number of nitrogens with one attached hydrogen (secondary N) is 1. The highest BCUT2D eigenvalue weighted by molar-refractivity contribution is 7.98. The molecule has 0 saturated heterocycles. The Balaban J connectivity index is 1.14. The number of halogens is 1. The number of benzene rings is 3. The van der Waals surface area contributed by atoms with Crippen molar-refractivity contribution in [3.8, 4) is 11.3 Å². The van der Waals surface area contributed by atoms with Gasteiger partial charge in [-0.25, -0.2) is 14.6 Å². The first-order valence-electron chi connectivity index (χ1n) is 13.0. The summed E-state index contributed by atoms with van der Waals surface area (Å²) in [4.78, 5) is 35.5. The third kappa shape index (κ3) is 6.43. The molecule has 0 bridgehead atoms. The first kappa shape index (κ1) is 27.8. The minimum atomic E-state index is -0.264. The summed E-state index contributed by atoms with van der Waals surface area (Å²) in [6, 6.07) is 22.9. The van der Waals surface area contributed by atoms with Crippen LogP contribution in [0.25, 0.3) is 22.2 Å². The van der Waals surface area contributed by atoms with Crippen molar-refractivity contribution in [3.63, 3.8) is 0 Å². The SMILES string of the molecule is Cc1ccc2c(=O)n(Cc3ccccc3)c(SCc3cn(CC(=O)Nc4nc(-c5ccc(Cl)cc5)cs4)nn3)nc2c1. The number of amides is 1. The quantitative estimate of drug-likeness (QED) is 0.156. The van der Waals surface area contributed by atoms with Crippen LogP contribution < -0.4 is 10.9 Å². The number of fused-ring (bicyclic) bond motifs is 1. The van der Waals surface area contributed by atoms with Crippen LogP contribution in [0, 0.1) is 6.92 Å². The number of nitrogens with zero attached hydrogens (tertiary/aromatic N) is 6. The van der Waals surface area contributed by atoms with Gasteiger partial charge in [0.2, 0.25) is 5.91 Å². The van der Waals surface area contributed by atoms with E-state index in [2.05, 4.69) is 20.6 Å². The number of aryl methyl sites for hydroxylation is 1. The fourth-order valence-electron chi connectivity index (χ4n) is 4.34. The molecule has 12 heteroatoms. The van der Waals surface area contributed by atoms with Crippen LogP contribution in [-0.2, 0) is 23.6 Å². The maximum absolute atomic E-state index is 13.5. The third-order valence-corrected chi connectivity index (χ3v) is 8.41. The van der Waals surface area contributed by atoms with E-state index < -0.39 is 0 Å². The molecular weight excluding hydrogens is 590 g/mol. The van der Waals surface area contributed by atoms with Crippen LogP contribution in [-0.4, -0.2) is 35.4 Å². The van der Waals surface area contributed by atoms with Gasteiger partial charge in [-0.1, -0.05) is 77.1 Å². The van der Waals surface area contributed by atoms with Crippen molar-refractivity contribution in [1.82, 2.24) is 29.5 Å². The molecule has 3 heterocycles. The lowest BCUT2D eigenvalue weighted by atomic mass is 10.1. The predicted octanol–water partition coefficient (Wildman–Crippen LogP) is 6.05. The largest absolute Gasteiger partial charge is 0.300 e. The van der Waals surface area contributed by atoms with Gasteiger partial charge < -0.3 is 5.32 Å². The van der Waals surface area contributed by atoms with E-state index in [0.717, 1.165) is 22.4 Å². The van der Waals surface area contributed by atoms with Crippen molar-refractivity contribution in [3.05, 3.63) is 117 Å². The molecule has 0 atom stereocenters. The van der Waals surface area contributed by atoms with Crippen LogP contribution in [0.2, 0.25) is 5.02 Å². The first-order valence-corrected chi connectivity index (χ1v) is 15.2. The normalized spacial score (nSPS) is 11.2. The van der Waals surface area contributed by atoms with Crippen LogP contribution in [0.3, 0.4) is 0 Å². The zero-order chi connectivity index (χ0) is 29.1. The van der Waals surface area contributed by atoms with Gasteiger partial charge >= 0.3 is 0 Å². The maximum Gasteiger partial charge on any atom is 0.262 e. The van der Waals surface area contributed by atoms with Crippen molar-refractivity contribution >= 4 is 56.6 Å². The molecule has 0 fully saturated rings. The highest BCUT2D eigenvalue weighted by atomic mass is 35.5. The number of rotatable bonds is 9. The molecule has 0 unspecified atom stereocenters. The lowest BCUT2D eigenvalue weighted by molar-refractivity contribution is -0.116. The first-order chi connectivity index (χ1) is 20.4. The lowest BCUT2D eigenvalue weighted by Gasteiger charge is -2.13. The van der Waals surface area contributed by atoms with Crippen LogP contribution >= 0.6 is 34.7 Å². The molecule has 42 heavy (non-hydrogen) atoms. The fraction of sp³-hybridized carbons (Fsp3) is 0.133. The molecule has 1 N–H and O–H groups in total. The van der Waals surface area contributed by atoms with E-state index in [4.69, 9.17) is 16.6 Å². The van der Waals surface area contributed by atoms with Gasteiger partial charge in [0.05, 0.1) is 28.8 Å². The van der Waals surface area contributed by atoms with Crippen LogP contribution in [0.1, 0.15) is 16.8 Å². The topological polar surface area (TPSA) is 108 Å². The predicted molar refractivity (Wildman–Crippen MR) is 167 cm³/mol. The monoisotopic (exact) mass is 613 g/mol. The van der Waals surface area contributed by atoms with Crippen LogP contribution in [0.4, 0.5) is 5.13 Å². The van der Waals surface area contributed by atoms with Crippen LogP contribution in [0.15, 0.2) is 94.3 Å². The molecule has 0 aliphatic carbocycles. The second-order valence-electron chi connectivity index (χ2n) is 9.58. The number of hydrogen-bond donors (Lipinski definition) is 1. The zero-order valence-electron chi connectivity index (χ0n) is 22.4. The van der Waals surface area contributed by atoms with Crippen molar-refractivity contribution in [2.24, 2.45) is 0 Å². The summed E-state index contributed by atoms with van der Waals surface area (Å²) in [5, 5.41) is 15.4. The van der Waals surface area contributed by atoms with E-state index in [0.29, 0.717) is 44.2 Å². The number of thiazole rings is 1. The van der Waals surface area contributed by atoms with Crippen LogP contribution in [0.5, 0.6) is 0 Å². The second-order valence-corrected chi connectivity index (χ2v) is 11.8. The van der Waals surface area contributed by atoms with E-state index in [1.54, 1.807) is 22.9 Å². The summed E-state index contributed by atoms with van der Waals surface area (Å²) < 4.78 is 3.18. The van der Waals surface area contributed by atoms with Gasteiger partial charge in [-0.3, -0.25) is 14.2 Å². The molecule has 0 saturated carbocycles. The number of carbonyl (C=O) groups is 1. The van der Waals surface area contributed by atoms with Gasteiger partial charge in [-0.15, -0.1) is 16.4 Å². The molecule has 0 spiro atoms. The van der Waals surface area contributed by atoms with Gasteiger partial charge in [0.15, 0.2) is 10.3 Å². The Morgan fingerprint density at radius 2 is 1.86 bits per heavy atom. The maximum atomic E-state index is 13.5. The van der Waals surface area contributed by atoms with Crippen molar-refractivity contribution in [2.45, 2.75) is 30.9 Å². The minimum absolute atomic E-state index is 0.0141. The minimum Gasteiger partial charge on any atom is -0.300 e. The molecule has 0 radical (unpaired) electrons. The lowest BCUT2D eigenvalue weighted by Crippen LogP contribution is -2.24. The van der Waals surface area contributed by atoms with E-state index in [1.807, 2.05) is 73.0 Å². The van der Waals surface area contributed by atoms with Gasteiger partial charge in [0.1, 0.15) is 6.54 Å². The number of carbonyl (C=O) groups excluding carboxylic acids is 1. The summed E-state index contributed by atoms with van der Waals surface area (Å²) >= 11 is 8.72. The summed E-state index contributed by atoms with van der Waals surface area (Å²) in [7, 11) is 0. The Hall–Kier alpha value is -4.32. The smallest absolute Gasteiger partial charge is 0.262 e. The Labute approximate surface area is 254 Å². The van der Waals surface area contributed by atoms with Gasteiger partial charge in [-0.05, 0) is 42.3 Å². The molecular formula is C30H24ClN7O2S2. The van der Waals surface area contributed by atoms with Crippen molar-refractivity contribution in [2.75, 3.05) is 5.32 Å². The molecule has 6 aromatic rings. The Bertz CT molecular complexity index is 1940. The molecule has 3 aromatic carbocycles. The number of anilines is 1. The van der Waals surface area contributed by atoms with E-state index in [1.165, 1.54) is 27.8 Å². The number of aromatic nitrogens is 6. The molecule has 0 aliphatic rings. The van der Waals surface area contributed by atoms with E-state index in [9.17, 15) is 9.59 Å². The van der Waals surface area contributed by atoms with Crippen molar-refractivity contribution in [1.29, 1.82) is 0 Å². The number of thioether (sulfide) groups is 1. The highest BCUT2D eigenvalue weighted by Gasteiger charge is 2.15. The summed E-state index contributed by atoms with van der Waals surface area (Å²) in [6.45, 7) is 2.37. The molecule has 1 amide bonds. The second kappa shape index (κ2) is 12.3. The molecule has 210 valence electrons. The summed E-state index contributed by atoms with van der Waals surface area (Å²) in [5.41, 5.74) is 4.95. The average Bonchev–Trinajstić information content (AvgIpc) is 3.64. The summed E-state index contributed by atoms with van der Waals surface area (Å²) in [6.07, 6.45) is 1.72. The zero-order valence-corrected chi connectivity index (χ0v) is 24.8. The Morgan fingerprint density at radius 3 is 2.67 bits per heavy atom.